The van der Waals surface area contributed by atoms with E-state index in [-0.39, 0.29) is 24.0 Å². The van der Waals surface area contributed by atoms with Crippen molar-refractivity contribution in [3.8, 4) is 0 Å². The van der Waals surface area contributed by atoms with E-state index in [1.165, 1.54) is 0 Å². The van der Waals surface area contributed by atoms with E-state index < -0.39 is 0 Å². The van der Waals surface area contributed by atoms with Crippen molar-refractivity contribution in [3.63, 3.8) is 0 Å². The Bertz CT molecular complexity index is 304. The lowest BCUT2D eigenvalue weighted by molar-refractivity contribution is -0.131. The van der Waals surface area contributed by atoms with Gasteiger partial charge in [0.05, 0.1) is 6.54 Å². The van der Waals surface area contributed by atoms with Crippen LogP contribution in [0.4, 0.5) is 4.79 Å². The van der Waals surface area contributed by atoms with Gasteiger partial charge >= 0.3 is 6.03 Å². The van der Waals surface area contributed by atoms with Gasteiger partial charge in [0.25, 0.3) is 0 Å². The predicted octanol–water partition coefficient (Wildman–Crippen LogP) is -0.142. The van der Waals surface area contributed by atoms with Crippen molar-refractivity contribution < 1.29 is 9.59 Å². The molecule has 1 saturated heterocycles. The Morgan fingerprint density at radius 3 is 2.17 bits per heavy atom. The largest absolute Gasteiger partial charge is 0.339 e. The van der Waals surface area contributed by atoms with Gasteiger partial charge in [-0.25, -0.2) is 4.79 Å². The molecule has 0 spiro atoms. The second kappa shape index (κ2) is 6.04. The summed E-state index contributed by atoms with van der Waals surface area (Å²) >= 11 is 0. The Labute approximate surface area is 109 Å². The molecule has 0 saturated carbocycles. The van der Waals surface area contributed by atoms with Crippen LogP contribution in [0.15, 0.2) is 0 Å². The highest BCUT2D eigenvalue weighted by molar-refractivity contribution is 5.84. The van der Waals surface area contributed by atoms with Crippen molar-refractivity contribution in [2.45, 2.75) is 26.3 Å². The van der Waals surface area contributed by atoms with Crippen molar-refractivity contribution >= 4 is 11.9 Å². The molecule has 0 aromatic carbocycles. The Kier molecular flexibility index (Phi) is 4.95. The highest BCUT2D eigenvalue weighted by atomic mass is 16.2. The number of nitrogens with one attached hydrogen (secondary N) is 2. The van der Waals surface area contributed by atoms with E-state index in [1.807, 2.05) is 27.8 Å². The van der Waals surface area contributed by atoms with Crippen LogP contribution in [0.25, 0.3) is 0 Å². The molecule has 0 aromatic rings. The first-order valence-electron chi connectivity index (χ1n) is 6.30. The standard InChI is InChI=1S/C12H24N4O2/c1-12(2,3)14-11(18)13-9-10(17)16-7-5-15(4)6-8-16/h5-9H2,1-4H3,(H2,13,14,18). The van der Waals surface area contributed by atoms with Crippen LogP contribution in [0.1, 0.15) is 20.8 Å². The third-order valence-electron chi connectivity index (χ3n) is 2.74. The van der Waals surface area contributed by atoms with Crippen LogP contribution in [0, 0.1) is 0 Å². The predicted molar refractivity (Wildman–Crippen MR) is 70.4 cm³/mol. The zero-order valence-electron chi connectivity index (χ0n) is 11.7. The molecule has 6 nitrogen and oxygen atoms in total. The second-order valence-corrected chi connectivity index (χ2v) is 5.74. The monoisotopic (exact) mass is 256 g/mol. The normalized spacial score (nSPS) is 17.4. The third kappa shape index (κ3) is 5.35. The van der Waals surface area contributed by atoms with Crippen LogP contribution in [0.3, 0.4) is 0 Å². The zero-order valence-corrected chi connectivity index (χ0v) is 11.7. The lowest BCUT2D eigenvalue weighted by atomic mass is 10.1. The van der Waals surface area contributed by atoms with Crippen LogP contribution >= 0.6 is 0 Å². The van der Waals surface area contributed by atoms with E-state index in [4.69, 9.17) is 0 Å². The number of likely N-dealkylation sites (N-methyl/N-ethyl adjacent to an activating group) is 1. The number of nitrogens with zero attached hydrogens (tertiary/aromatic N) is 2. The highest BCUT2D eigenvalue weighted by Gasteiger charge is 2.20. The molecular weight excluding hydrogens is 232 g/mol. The lowest BCUT2D eigenvalue weighted by Crippen LogP contribution is -2.52. The number of urea groups is 1. The van der Waals surface area contributed by atoms with Gasteiger partial charge in [-0.2, -0.15) is 0 Å². The van der Waals surface area contributed by atoms with E-state index in [0.29, 0.717) is 0 Å². The van der Waals surface area contributed by atoms with Crippen molar-refractivity contribution in [2.24, 2.45) is 0 Å². The van der Waals surface area contributed by atoms with Crippen LogP contribution in [0.2, 0.25) is 0 Å². The Morgan fingerprint density at radius 2 is 1.67 bits per heavy atom. The summed E-state index contributed by atoms with van der Waals surface area (Å²) in [4.78, 5) is 27.3. The van der Waals surface area contributed by atoms with Gasteiger partial charge in [0.2, 0.25) is 5.91 Å². The lowest BCUT2D eigenvalue weighted by Gasteiger charge is -2.32. The van der Waals surface area contributed by atoms with Gasteiger partial charge in [-0.1, -0.05) is 0 Å². The van der Waals surface area contributed by atoms with Gasteiger partial charge in [0.1, 0.15) is 0 Å². The number of hydrogen-bond donors (Lipinski definition) is 2. The molecule has 104 valence electrons. The minimum atomic E-state index is -0.301. The average Bonchev–Trinajstić information content (AvgIpc) is 2.24. The van der Waals surface area contributed by atoms with E-state index in [0.717, 1.165) is 26.2 Å². The molecule has 1 fully saturated rings. The molecule has 0 unspecified atom stereocenters. The number of amides is 3. The average molecular weight is 256 g/mol. The van der Waals surface area contributed by atoms with Gasteiger partial charge in [0, 0.05) is 31.7 Å². The maximum Gasteiger partial charge on any atom is 0.315 e. The summed E-state index contributed by atoms with van der Waals surface area (Å²) < 4.78 is 0. The van der Waals surface area contributed by atoms with Crippen molar-refractivity contribution in [1.29, 1.82) is 0 Å². The molecule has 18 heavy (non-hydrogen) atoms. The summed E-state index contributed by atoms with van der Waals surface area (Å²) in [6.07, 6.45) is 0. The van der Waals surface area contributed by atoms with Gasteiger partial charge in [-0.15, -0.1) is 0 Å². The molecule has 2 N–H and O–H groups in total. The zero-order chi connectivity index (χ0) is 13.8. The maximum atomic E-state index is 11.8. The van der Waals surface area contributed by atoms with E-state index >= 15 is 0 Å². The van der Waals surface area contributed by atoms with Gasteiger partial charge in [-0.3, -0.25) is 4.79 Å². The summed E-state index contributed by atoms with van der Waals surface area (Å²) in [5, 5.41) is 5.35. The molecule has 1 aliphatic rings. The molecule has 3 amide bonds. The Morgan fingerprint density at radius 1 is 1.11 bits per heavy atom. The summed E-state index contributed by atoms with van der Waals surface area (Å²) in [5.74, 6) is -0.0211. The number of rotatable bonds is 2. The van der Waals surface area contributed by atoms with Crippen molar-refractivity contribution in [3.05, 3.63) is 0 Å². The third-order valence-corrected chi connectivity index (χ3v) is 2.74. The molecule has 1 aliphatic heterocycles. The van der Waals surface area contributed by atoms with Gasteiger partial charge in [0.15, 0.2) is 0 Å². The molecule has 0 aliphatic carbocycles. The quantitative estimate of drug-likeness (QED) is 0.722. The molecule has 0 aromatic heterocycles. The topological polar surface area (TPSA) is 64.7 Å². The molecular formula is C12H24N4O2. The Balaban J connectivity index is 2.27. The molecule has 6 heteroatoms. The van der Waals surface area contributed by atoms with E-state index in [9.17, 15) is 9.59 Å². The van der Waals surface area contributed by atoms with Crippen molar-refractivity contribution in [2.75, 3.05) is 39.8 Å². The molecule has 0 atom stereocenters. The minimum Gasteiger partial charge on any atom is -0.339 e. The summed E-state index contributed by atoms with van der Waals surface area (Å²) in [7, 11) is 2.04. The van der Waals surface area contributed by atoms with Crippen LogP contribution < -0.4 is 10.6 Å². The molecule has 1 rings (SSSR count). The summed E-state index contributed by atoms with van der Waals surface area (Å²) in [6, 6.07) is -0.301. The van der Waals surface area contributed by atoms with E-state index in [2.05, 4.69) is 15.5 Å². The summed E-state index contributed by atoms with van der Waals surface area (Å²) in [6.45, 7) is 9.00. The smallest absolute Gasteiger partial charge is 0.315 e. The number of carbonyl (C=O) groups is 2. The molecule has 0 radical (unpaired) electrons. The number of piperazine rings is 1. The second-order valence-electron chi connectivity index (χ2n) is 5.74. The molecule has 1 heterocycles. The highest BCUT2D eigenvalue weighted by Crippen LogP contribution is 1.99. The Hall–Kier alpha value is -1.30. The maximum absolute atomic E-state index is 11.8. The number of hydrogen-bond acceptors (Lipinski definition) is 3. The van der Waals surface area contributed by atoms with Gasteiger partial charge in [-0.05, 0) is 27.8 Å². The van der Waals surface area contributed by atoms with Crippen LogP contribution in [-0.4, -0.2) is 67.0 Å². The van der Waals surface area contributed by atoms with Gasteiger partial charge < -0.3 is 20.4 Å². The SMILES string of the molecule is CN1CCN(C(=O)CNC(=O)NC(C)(C)C)CC1. The fraction of sp³-hybridized carbons (Fsp3) is 0.833. The summed E-state index contributed by atoms with van der Waals surface area (Å²) in [5.41, 5.74) is -0.291. The first-order valence-corrected chi connectivity index (χ1v) is 6.30. The number of carbonyl (C=O) groups excluding carboxylic acids is 2. The van der Waals surface area contributed by atoms with Crippen LogP contribution in [-0.2, 0) is 4.79 Å². The molecule has 0 bridgehead atoms. The fourth-order valence-electron chi connectivity index (χ4n) is 1.71. The van der Waals surface area contributed by atoms with E-state index in [1.54, 1.807) is 4.90 Å². The fourth-order valence-corrected chi connectivity index (χ4v) is 1.71. The minimum absolute atomic E-state index is 0.0211. The van der Waals surface area contributed by atoms with Crippen molar-refractivity contribution in [1.82, 2.24) is 20.4 Å². The first-order chi connectivity index (χ1) is 8.28. The first kappa shape index (κ1) is 14.8. The van der Waals surface area contributed by atoms with Crippen LogP contribution in [0.5, 0.6) is 0 Å².